The van der Waals surface area contributed by atoms with Crippen LogP contribution in [-0.4, -0.2) is 19.2 Å². The lowest BCUT2D eigenvalue weighted by molar-refractivity contribution is -0.136. The molecule has 0 saturated heterocycles. The van der Waals surface area contributed by atoms with Gasteiger partial charge in [-0.2, -0.15) is 5.26 Å². The molecule has 4 aromatic rings. The van der Waals surface area contributed by atoms with E-state index in [4.69, 9.17) is 41.0 Å². The van der Waals surface area contributed by atoms with E-state index in [1.165, 1.54) is 0 Å². The van der Waals surface area contributed by atoms with Crippen LogP contribution in [0.5, 0.6) is 28.7 Å². The van der Waals surface area contributed by atoms with Crippen LogP contribution < -0.4 is 29.4 Å². The molecule has 8 nitrogen and oxygen atoms in total. The Labute approximate surface area is 254 Å². The quantitative estimate of drug-likeness (QED) is 0.157. The first-order chi connectivity index (χ1) is 20.9. The second-order valence-corrected chi connectivity index (χ2v) is 10.1. The minimum atomic E-state index is -0.578. The minimum Gasteiger partial charge on any atom is -0.490 e. The van der Waals surface area contributed by atoms with Gasteiger partial charge in [0.1, 0.15) is 35.5 Å². The molecule has 1 atom stereocenters. The third-order valence-electron chi connectivity index (χ3n) is 6.80. The van der Waals surface area contributed by atoms with E-state index < -0.39 is 11.9 Å². The van der Waals surface area contributed by atoms with Gasteiger partial charge in [-0.1, -0.05) is 60.1 Å². The Bertz CT molecular complexity index is 1730. The number of hydrogen-bond acceptors (Lipinski definition) is 8. The SMILES string of the molecule is CCOc1cc(C2C(C#N)=C(N)Oc3cc(OC(=O)COc4ccccc4C)ccc32)ccc1OCc1ccccc1Cl. The smallest absolute Gasteiger partial charge is 0.349 e. The maximum absolute atomic E-state index is 12.5. The average Bonchev–Trinajstić information content (AvgIpc) is 3.00. The Morgan fingerprint density at radius 2 is 1.74 bits per heavy atom. The molecule has 1 aliphatic heterocycles. The Hall–Kier alpha value is -5.13. The molecule has 0 aromatic heterocycles. The topological polar surface area (TPSA) is 113 Å². The Kier molecular flexibility index (Phi) is 9.04. The molecule has 0 saturated carbocycles. The molecule has 43 heavy (non-hydrogen) atoms. The Morgan fingerprint density at radius 3 is 2.51 bits per heavy atom. The zero-order valence-electron chi connectivity index (χ0n) is 23.6. The van der Waals surface area contributed by atoms with Gasteiger partial charge < -0.3 is 29.4 Å². The van der Waals surface area contributed by atoms with Gasteiger partial charge in [-0.15, -0.1) is 0 Å². The van der Waals surface area contributed by atoms with E-state index in [0.717, 1.165) is 16.7 Å². The first kappa shape index (κ1) is 29.4. The van der Waals surface area contributed by atoms with Gasteiger partial charge in [0, 0.05) is 22.2 Å². The van der Waals surface area contributed by atoms with Crippen molar-refractivity contribution in [2.24, 2.45) is 5.73 Å². The number of nitrogens with two attached hydrogens (primary N) is 1. The fourth-order valence-corrected chi connectivity index (χ4v) is 4.91. The number of nitriles is 1. The van der Waals surface area contributed by atoms with Crippen LogP contribution in [0, 0.1) is 18.3 Å². The van der Waals surface area contributed by atoms with Gasteiger partial charge >= 0.3 is 5.97 Å². The van der Waals surface area contributed by atoms with Crippen LogP contribution in [0.2, 0.25) is 5.02 Å². The van der Waals surface area contributed by atoms with Crippen molar-refractivity contribution in [3.8, 4) is 34.8 Å². The van der Waals surface area contributed by atoms with Gasteiger partial charge in [-0.3, -0.25) is 0 Å². The van der Waals surface area contributed by atoms with E-state index in [-0.39, 0.29) is 30.4 Å². The fraction of sp³-hybridized carbons (Fsp3) is 0.176. The number of ether oxygens (including phenoxy) is 5. The van der Waals surface area contributed by atoms with Crippen LogP contribution in [0.25, 0.3) is 0 Å². The van der Waals surface area contributed by atoms with E-state index in [9.17, 15) is 10.1 Å². The maximum atomic E-state index is 12.5. The van der Waals surface area contributed by atoms with Gasteiger partial charge in [0.05, 0.1) is 12.5 Å². The summed E-state index contributed by atoms with van der Waals surface area (Å²) in [5.74, 6) is 1.09. The lowest BCUT2D eigenvalue weighted by atomic mass is 9.83. The number of aryl methyl sites for hydroxylation is 1. The number of nitrogens with zero attached hydrogens (tertiary/aromatic N) is 1. The molecular formula is C34H29ClN2O6. The molecule has 5 rings (SSSR count). The molecule has 0 fully saturated rings. The Balaban J connectivity index is 1.38. The molecule has 218 valence electrons. The molecule has 1 heterocycles. The predicted molar refractivity (Wildman–Crippen MR) is 161 cm³/mol. The number of carbonyl (C=O) groups excluding carboxylic acids is 1. The number of rotatable bonds is 10. The van der Waals surface area contributed by atoms with Gasteiger partial charge in [0.25, 0.3) is 0 Å². The summed E-state index contributed by atoms with van der Waals surface area (Å²) >= 11 is 6.29. The number of carbonyl (C=O) groups is 1. The highest BCUT2D eigenvalue weighted by atomic mass is 35.5. The molecule has 9 heteroatoms. The van der Waals surface area contributed by atoms with Crippen LogP contribution in [0.4, 0.5) is 0 Å². The monoisotopic (exact) mass is 596 g/mol. The molecule has 2 N–H and O–H groups in total. The van der Waals surface area contributed by atoms with Crippen molar-refractivity contribution in [1.82, 2.24) is 0 Å². The number of para-hydroxylation sites is 1. The zero-order chi connectivity index (χ0) is 30.3. The molecular weight excluding hydrogens is 568 g/mol. The number of halogens is 1. The second kappa shape index (κ2) is 13.2. The summed E-state index contributed by atoms with van der Waals surface area (Å²) in [5, 5.41) is 10.6. The van der Waals surface area contributed by atoms with Crippen molar-refractivity contribution in [3.63, 3.8) is 0 Å². The number of benzene rings is 4. The molecule has 1 unspecified atom stereocenters. The van der Waals surface area contributed by atoms with E-state index in [0.29, 0.717) is 40.2 Å². The maximum Gasteiger partial charge on any atom is 0.349 e. The van der Waals surface area contributed by atoms with Gasteiger partial charge in [-0.05, 0) is 55.3 Å². The highest BCUT2D eigenvalue weighted by molar-refractivity contribution is 6.31. The predicted octanol–water partition coefficient (Wildman–Crippen LogP) is 6.83. The van der Waals surface area contributed by atoms with Crippen molar-refractivity contribution in [2.75, 3.05) is 13.2 Å². The van der Waals surface area contributed by atoms with E-state index in [2.05, 4.69) is 6.07 Å². The van der Waals surface area contributed by atoms with Crippen LogP contribution in [0.15, 0.2) is 96.4 Å². The summed E-state index contributed by atoms with van der Waals surface area (Å²) in [6.07, 6.45) is 0. The van der Waals surface area contributed by atoms with Gasteiger partial charge in [0.2, 0.25) is 5.88 Å². The molecule has 0 radical (unpaired) electrons. The molecule has 0 amide bonds. The summed E-state index contributed by atoms with van der Waals surface area (Å²) in [6.45, 7) is 4.16. The van der Waals surface area contributed by atoms with E-state index in [1.807, 2.05) is 62.4 Å². The summed E-state index contributed by atoms with van der Waals surface area (Å²) in [7, 11) is 0. The molecule has 1 aliphatic rings. The van der Waals surface area contributed by atoms with Crippen LogP contribution in [0.1, 0.15) is 35.1 Å². The molecule has 0 aliphatic carbocycles. The second-order valence-electron chi connectivity index (χ2n) is 9.67. The van der Waals surface area contributed by atoms with Crippen LogP contribution in [-0.2, 0) is 11.4 Å². The first-order valence-electron chi connectivity index (χ1n) is 13.6. The average molecular weight is 597 g/mol. The number of fused-ring (bicyclic) bond motifs is 1. The lowest BCUT2D eigenvalue weighted by Gasteiger charge is -2.27. The minimum absolute atomic E-state index is 0.0385. The highest BCUT2D eigenvalue weighted by Gasteiger charge is 2.32. The van der Waals surface area contributed by atoms with Gasteiger partial charge in [-0.25, -0.2) is 4.79 Å². The van der Waals surface area contributed by atoms with Crippen molar-refractivity contribution in [3.05, 3.63) is 124 Å². The highest BCUT2D eigenvalue weighted by Crippen LogP contribution is 2.45. The zero-order valence-corrected chi connectivity index (χ0v) is 24.4. The molecule has 4 aromatic carbocycles. The van der Waals surface area contributed by atoms with Crippen molar-refractivity contribution < 1.29 is 28.5 Å². The molecule has 0 spiro atoms. The standard InChI is InChI=1S/C34H29ClN2O6/c1-3-39-31-16-22(12-15-29(31)40-19-23-9-5-6-10-27(23)35)33-25-14-13-24(17-30(25)43-34(37)26(33)18-36)42-32(38)20-41-28-11-7-4-8-21(28)2/h4-17,33H,3,19-20,37H2,1-2H3. The number of esters is 1. The fourth-order valence-electron chi connectivity index (χ4n) is 4.72. The lowest BCUT2D eigenvalue weighted by Crippen LogP contribution is -2.22. The summed E-state index contributed by atoms with van der Waals surface area (Å²) in [6, 6.07) is 27.5. The summed E-state index contributed by atoms with van der Waals surface area (Å²) < 4.78 is 28.9. The van der Waals surface area contributed by atoms with Crippen LogP contribution in [0.3, 0.4) is 0 Å². The number of hydrogen-bond donors (Lipinski definition) is 1. The summed E-state index contributed by atoms with van der Waals surface area (Å²) in [5.41, 5.74) is 9.62. The Morgan fingerprint density at radius 1 is 0.953 bits per heavy atom. The largest absolute Gasteiger partial charge is 0.490 e. The van der Waals surface area contributed by atoms with Crippen molar-refractivity contribution in [2.45, 2.75) is 26.4 Å². The van der Waals surface area contributed by atoms with Crippen molar-refractivity contribution >= 4 is 17.6 Å². The van der Waals surface area contributed by atoms with Crippen LogP contribution >= 0.6 is 11.6 Å². The van der Waals surface area contributed by atoms with E-state index >= 15 is 0 Å². The van der Waals surface area contributed by atoms with Gasteiger partial charge in [0.15, 0.2) is 18.1 Å². The molecule has 0 bridgehead atoms. The third-order valence-corrected chi connectivity index (χ3v) is 7.17. The number of allylic oxidation sites excluding steroid dienone is 1. The normalized spacial score (nSPS) is 13.8. The third kappa shape index (κ3) is 6.69. The first-order valence-corrected chi connectivity index (χ1v) is 14.0. The summed E-state index contributed by atoms with van der Waals surface area (Å²) in [4.78, 5) is 12.5. The van der Waals surface area contributed by atoms with E-state index in [1.54, 1.807) is 36.4 Å². The van der Waals surface area contributed by atoms with Crippen molar-refractivity contribution in [1.29, 1.82) is 5.26 Å².